The van der Waals surface area contributed by atoms with Gasteiger partial charge in [0.15, 0.2) is 0 Å². The average molecular weight is 283 g/mol. The van der Waals surface area contributed by atoms with Crippen LogP contribution >= 0.6 is 11.6 Å². The lowest BCUT2D eigenvalue weighted by molar-refractivity contribution is -0.385. The maximum atomic E-state index is 12.2. The van der Waals surface area contributed by atoms with Gasteiger partial charge in [-0.2, -0.15) is 0 Å². The van der Waals surface area contributed by atoms with Crippen LogP contribution in [-0.2, 0) is 0 Å². The fraction of sp³-hybridized carbons (Fsp3) is 0.462. The van der Waals surface area contributed by atoms with E-state index in [1.54, 1.807) is 19.1 Å². The van der Waals surface area contributed by atoms with E-state index >= 15 is 0 Å². The first-order valence-electron chi connectivity index (χ1n) is 6.11. The zero-order chi connectivity index (χ0) is 14.0. The summed E-state index contributed by atoms with van der Waals surface area (Å²) in [7, 11) is 0. The van der Waals surface area contributed by atoms with Crippen molar-refractivity contribution in [2.75, 3.05) is 5.88 Å². The molecule has 2 rings (SSSR count). The number of halogens is 1. The lowest BCUT2D eigenvalue weighted by atomic mass is 9.78. The van der Waals surface area contributed by atoms with Crippen molar-refractivity contribution in [2.45, 2.75) is 31.7 Å². The molecule has 102 valence electrons. The number of alkyl halides is 1. The summed E-state index contributed by atoms with van der Waals surface area (Å²) in [5.74, 6) is -0.0889. The van der Waals surface area contributed by atoms with Crippen molar-refractivity contribution in [1.29, 1.82) is 0 Å². The molecule has 0 radical (unpaired) electrons. The highest BCUT2D eigenvalue weighted by Gasteiger charge is 2.38. The minimum absolute atomic E-state index is 0.0985. The summed E-state index contributed by atoms with van der Waals surface area (Å²) in [4.78, 5) is 22.8. The number of hydrogen-bond acceptors (Lipinski definition) is 3. The van der Waals surface area contributed by atoms with Crippen LogP contribution in [0.3, 0.4) is 0 Å². The number of rotatable bonds is 4. The molecule has 0 heterocycles. The molecule has 1 amide bonds. The molecule has 0 aliphatic heterocycles. The number of carbonyl (C=O) groups excluding carboxylic acids is 1. The number of nitrogens with one attached hydrogen (secondary N) is 1. The molecule has 0 saturated heterocycles. The van der Waals surface area contributed by atoms with Crippen LogP contribution in [0.15, 0.2) is 18.2 Å². The van der Waals surface area contributed by atoms with Crippen LogP contribution in [0.5, 0.6) is 0 Å². The van der Waals surface area contributed by atoms with E-state index < -0.39 is 16.4 Å². The van der Waals surface area contributed by atoms with Crippen LogP contribution < -0.4 is 5.32 Å². The Hall–Kier alpha value is -1.62. The van der Waals surface area contributed by atoms with Crippen LogP contribution in [-0.4, -0.2) is 22.2 Å². The summed E-state index contributed by atoms with van der Waals surface area (Å²) in [6.45, 7) is 1.62. The topological polar surface area (TPSA) is 72.2 Å². The molecule has 0 aromatic heterocycles. The summed E-state index contributed by atoms with van der Waals surface area (Å²) in [5.41, 5.74) is 0.0487. The van der Waals surface area contributed by atoms with Crippen LogP contribution in [0.25, 0.3) is 0 Å². The predicted octanol–water partition coefficient (Wildman–Crippen LogP) is 2.79. The third-order valence-electron chi connectivity index (χ3n) is 3.61. The number of nitro benzene ring substituents is 1. The first-order chi connectivity index (χ1) is 8.99. The monoisotopic (exact) mass is 282 g/mol. The van der Waals surface area contributed by atoms with Gasteiger partial charge in [0, 0.05) is 11.4 Å². The van der Waals surface area contributed by atoms with Crippen LogP contribution in [0.4, 0.5) is 5.69 Å². The number of para-hydroxylation sites is 1. The van der Waals surface area contributed by atoms with Crippen molar-refractivity contribution in [3.05, 3.63) is 39.4 Å². The van der Waals surface area contributed by atoms with Gasteiger partial charge in [-0.25, -0.2) is 0 Å². The van der Waals surface area contributed by atoms with Crippen LogP contribution in [0.2, 0.25) is 0 Å². The van der Waals surface area contributed by atoms with Crippen LogP contribution in [0.1, 0.15) is 35.2 Å². The van der Waals surface area contributed by atoms with E-state index in [4.69, 9.17) is 11.6 Å². The van der Waals surface area contributed by atoms with Crippen molar-refractivity contribution >= 4 is 23.2 Å². The van der Waals surface area contributed by atoms with Crippen molar-refractivity contribution in [1.82, 2.24) is 5.32 Å². The summed E-state index contributed by atoms with van der Waals surface area (Å²) in [6, 6.07) is 4.74. The first kappa shape index (κ1) is 13.8. The highest BCUT2D eigenvalue weighted by atomic mass is 35.5. The Kier molecular flexibility index (Phi) is 3.75. The van der Waals surface area contributed by atoms with Gasteiger partial charge < -0.3 is 5.32 Å². The molecule has 1 aliphatic carbocycles. The molecule has 6 heteroatoms. The van der Waals surface area contributed by atoms with Crippen molar-refractivity contribution in [2.24, 2.45) is 0 Å². The number of nitro groups is 1. The minimum atomic E-state index is -0.515. The van der Waals surface area contributed by atoms with E-state index in [1.807, 2.05) is 0 Å². The molecular formula is C13H15ClN2O3. The van der Waals surface area contributed by atoms with Gasteiger partial charge in [-0.05, 0) is 32.3 Å². The van der Waals surface area contributed by atoms with E-state index in [2.05, 4.69) is 5.32 Å². The lowest BCUT2D eigenvalue weighted by Gasteiger charge is -2.40. The van der Waals surface area contributed by atoms with Gasteiger partial charge in [0.1, 0.15) is 5.56 Å². The second-order valence-corrected chi connectivity index (χ2v) is 5.22. The third-order valence-corrected chi connectivity index (χ3v) is 4.12. The number of hydrogen-bond donors (Lipinski definition) is 1. The maximum Gasteiger partial charge on any atom is 0.285 e. The Balaban J connectivity index is 2.29. The number of carbonyl (C=O) groups is 1. The summed E-state index contributed by atoms with van der Waals surface area (Å²) in [5, 5.41) is 13.9. The van der Waals surface area contributed by atoms with Gasteiger partial charge in [-0.1, -0.05) is 12.1 Å². The third kappa shape index (κ3) is 2.56. The molecule has 1 fully saturated rings. The maximum absolute atomic E-state index is 12.2. The summed E-state index contributed by atoms with van der Waals surface area (Å²) < 4.78 is 0. The van der Waals surface area contributed by atoms with Gasteiger partial charge >= 0.3 is 0 Å². The fourth-order valence-corrected chi connectivity index (χ4v) is 2.62. The largest absolute Gasteiger partial charge is 0.345 e. The Morgan fingerprint density at radius 3 is 2.68 bits per heavy atom. The quantitative estimate of drug-likeness (QED) is 0.524. The molecule has 0 spiro atoms. The fourth-order valence-electron chi connectivity index (χ4n) is 2.29. The van der Waals surface area contributed by atoms with E-state index in [1.165, 1.54) is 6.07 Å². The molecule has 1 aliphatic rings. The molecule has 1 N–H and O–H groups in total. The molecule has 1 aromatic rings. The second-order valence-electron chi connectivity index (χ2n) is 4.95. The molecule has 5 nitrogen and oxygen atoms in total. The second kappa shape index (κ2) is 5.17. The zero-order valence-corrected chi connectivity index (χ0v) is 11.4. The van der Waals surface area contributed by atoms with E-state index in [-0.39, 0.29) is 11.3 Å². The molecule has 1 saturated carbocycles. The molecular weight excluding hydrogens is 268 g/mol. The van der Waals surface area contributed by atoms with Crippen molar-refractivity contribution < 1.29 is 9.72 Å². The zero-order valence-electron chi connectivity index (χ0n) is 10.6. The minimum Gasteiger partial charge on any atom is -0.345 e. The Morgan fingerprint density at radius 1 is 1.53 bits per heavy atom. The highest BCUT2D eigenvalue weighted by molar-refractivity contribution is 6.19. The highest BCUT2D eigenvalue weighted by Crippen LogP contribution is 2.34. The summed E-state index contributed by atoms with van der Waals surface area (Å²) in [6.07, 6.45) is 2.66. The van der Waals surface area contributed by atoms with Gasteiger partial charge in [-0.3, -0.25) is 14.9 Å². The van der Waals surface area contributed by atoms with Crippen molar-refractivity contribution in [3.63, 3.8) is 0 Å². The van der Waals surface area contributed by atoms with E-state index in [0.717, 1.165) is 19.3 Å². The molecule has 0 atom stereocenters. The molecule has 0 bridgehead atoms. The SMILES string of the molecule is Cc1cccc(C(=O)NC2(CCl)CCC2)c1[N+](=O)[O-]. The van der Waals surface area contributed by atoms with E-state index in [9.17, 15) is 14.9 Å². The number of nitrogens with zero attached hydrogens (tertiary/aromatic N) is 1. The predicted molar refractivity (Wildman–Crippen MR) is 72.6 cm³/mol. The van der Waals surface area contributed by atoms with Crippen LogP contribution in [0, 0.1) is 17.0 Å². The molecule has 0 unspecified atom stereocenters. The first-order valence-corrected chi connectivity index (χ1v) is 6.65. The van der Waals surface area contributed by atoms with E-state index in [0.29, 0.717) is 11.4 Å². The Labute approximate surface area is 116 Å². The van der Waals surface area contributed by atoms with Gasteiger partial charge in [0.2, 0.25) is 0 Å². The van der Waals surface area contributed by atoms with Gasteiger partial charge in [0.25, 0.3) is 11.6 Å². The molecule has 19 heavy (non-hydrogen) atoms. The van der Waals surface area contributed by atoms with Gasteiger partial charge in [0.05, 0.1) is 10.5 Å². The molecule has 1 aromatic carbocycles. The average Bonchev–Trinajstić information content (AvgIpc) is 2.32. The Morgan fingerprint density at radius 2 is 2.21 bits per heavy atom. The number of amides is 1. The standard InChI is InChI=1S/C13H15ClN2O3/c1-9-4-2-5-10(11(9)16(18)19)12(17)15-13(8-14)6-3-7-13/h2,4-5H,3,6-8H2,1H3,(H,15,17). The number of aryl methyl sites for hydroxylation is 1. The van der Waals surface area contributed by atoms with Crippen molar-refractivity contribution in [3.8, 4) is 0 Å². The lowest BCUT2D eigenvalue weighted by Crippen LogP contribution is -2.55. The summed E-state index contributed by atoms with van der Waals surface area (Å²) >= 11 is 5.88. The van der Waals surface area contributed by atoms with Gasteiger partial charge in [-0.15, -0.1) is 11.6 Å². The normalized spacial score (nSPS) is 16.5. The Bertz CT molecular complexity index is 521. The smallest absolute Gasteiger partial charge is 0.285 e. The number of benzene rings is 1.